The van der Waals surface area contributed by atoms with E-state index in [-0.39, 0.29) is 10.5 Å². The van der Waals surface area contributed by atoms with Crippen LogP contribution in [-0.2, 0) is 9.84 Å². The first-order valence-electron chi connectivity index (χ1n) is 6.72. The number of carbonyl (C=O) groups is 1. The number of sulfone groups is 1. The highest BCUT2D eigenvalue weighted by molar-refractivity contribution is 7.90. The van der Waals surface area contributed by atoms with E-state index in [4.69, 9.17) is 5.11 Å². The second kappa shape index (κ2) is 6.62. The molecule has 0 atom stereocenters. The maximum atomic E-state index is 11.4. The summed E-state index contributed by atoms with van der Waals surface area (Å²) in [6, 6.07) is 12.8. The van der Waals surface area contributed by atoms with E-state index in [2.05, 4.69) is 10.5 Å². The van der Waals surface area contributed by atoms with Gasteiger partial charge in [0, 0.05) is 6.26 Å². The van der Waals surface area contributed by atoms with Gasteiger partial charge in [0.05, 0.1) is 21.9 Å². The number of nitrogens with zero attached hydrogens (tertiary/aromatic N) is 1. The molecular formula is C16H16N2O4S. The fourth-order valence-electron chi connectivity index (χ4n) is 1.92. The van der Waals surface area contributed by atoms with Gasteiger partial charge in [0.25, 0.3) is 0 Å². The molecule has 0 aliphatic heterocycles. The maximum absolute atomic E-state index is 11.4. The summed E-state index contributed by atoms with van der Waals surface area (Å²) in [5.41, 5.74) is 4.57. The summed E-state index contributed by atoms with van der Waals surface area (Å²) in [4.78, 5) is 11.4. The predicted octanol–water partition coefficient (Wildman–Crippen LogP) is 2.62. The number of carboxylic acids is 1. The number of aromatic carboxylic acids is 1. The molecule has 2 aromatic rings. The van der Waals surface area contributed by atoms with Crippen LogP contribution in [0.2, 0.25) is 0 Å². The van der Waals surface area contributed by atoms with Crippen molar-refractivity contribution in [2.75, 3.05) is 11.7 Å². The van der Waals surface area contributed by atoms with E-state index in [0.29, 0.717) is 11.4 Å². The van der Waals surface area contributed by atoms with Gasteiger partial charge >= 0.3 is 5.97 Å². The van der Waals surface area contributed by atoms with Gasteiger partial charge in [-0.05, 0) is 36.8 Å². The van der Waals surface area contributed by atoms with E-state index >= 15 is 0 Å². The van der Waals surface area contributed by atoms with Crippen LogP contribution in [0.5, 0.6) is 0 Å². The van der Waals surface area contributed by atoms with E-state index in [1.165, 1.54) is 18.2 Å². The highest BCUT2D eigenvalue weighted by Gasteiger charge is 2.09. The zero-order valence-corrected chi connectivity index (χ0v) is 13.5. The molecule has 2 rings (SSSR count). The SMILES string of the molecule is C/C(=N/Nc1ccccc1C(=O)O)c1ccc(S(C)(=O)=O)cc1. The van der Waals surface area contributed by atoms with Gasteiger partial charge in [-0.2, -0.15) is 5.10 Å². The molecule has 0 heterocycles. The standard InChI is InChI=1S/C16H16N2O4S/c1-11(12-7-9-13(10-8-12)23(2,21)22)17-18-15-6-4-3-5-14(15)16(19)20/h3-10,18H,1-2H3,(H,19,20)/b17-11-. The van der Waals surface area contributed by atoms with Gasteiger partial charge in [0.1, 0.15) is 0 Å². The number of anilines is 1. The molecule has 0 aliphatic rings. The first kappa shape index (κ1) is 16.7. The lowest BCUT2D eigenvalue weighted by atomic mass is 10.1. The highest BCUT2D eigenvalue weighted by atomic mass is 32.2. The van der Waals surface area contributed by atoms with Crippen LogP contribution in [0.3, 0.4) is 0 Å². The van der Waals surface area contributed by atoms with Crippen molar-refractivity contribution in [1.29, 1.82) is 0 Å². The Hall–Kier alpha value is -2.67. The molecule has 120 valence electrons. The molecule has 0 amide bonds. The second-order valence-electron chi connectivity index (χ2n) is 4.96. The summed E-state index contributed by atoms with van der Waals surface area (Å²) in [7, 11) is -3.24. The Balaban J connectivity index is 2.23. The van der Waals surface area contributed by atoms with Crippen molar-refractivity contribution in [3.8, 4) is 0 Å². The average molecular weight is 332 g/mol. The van der Waals surface area contributed by atoms with Crippen LogP contribution in [0.1, 0.15) is 22.8 Å². The Morgan fingerprint density at radius 2 is 1.70 bits per heavy atom. The molecule has 0 unspecified atom stereocenters. The normalized spacial score (nSPS) is 12.0. The lowest BCUT2D eigenvalue weighted by Crippen LogP contribution is -2.05. The first-order valence-corrected chi connectivity index (χ1v) is 8.61. The van der Waals surface area contributed by atoms with Crippen molar-refractivity contribution in [3.05, 3.63) is 59.7 Å². The lowest BCUT2D eigenvalue weighted by Gasteiger charge is -2.07. The average Bonchev–Trinajstić information content (AvgIpc) is 2.52. The van der Waals surface area contributed by atoms with Crippen LogP contribution < -0.4 is 5.43 Å². The summed E-state index contributed by atoms with van der Waals surface area (Å²) >= 11 is 0. The van der Waals surface area contributed by atoms with E-state index in [0.717, 1.165) is 11.8 Å². The first-order chi connectivity index (χ1) is 10.8. The molecule has 2 aromatic carbocycles. The number of nitrogens with one attached hydrogen (secondary N) is 1. The number of hydrazone groups is 1. The monoisotopic (exact) mass is 332 g/mol. The number of hydrogen-bond donors (Lipinski definition) is 2. The van der Waals surface area contributed by atoms with Crippen LogP contribution in [-0.4, -0.2) is 31.5 Å². The minimum absolute atomic E-state index is 0.122. The van der Waals surface area contributed by atoms with Crippen LogP contribution in [0.25, 0.3) is 0 Å². The third-order valence-corrected chi connectivity index (χ3v) is 4.33. The van der Waals surface area contributed by atoms with E-state index in [9.17, 15) is 13.2 Å². The third-order valence-electron chi connectivity index (χ3n) is 3.20. The molecule has 0 saturated heterocycles. The van der Waals surface area contributed by atoms with Crippen molar-refractivity contribution < 1.29 is 18.3 Å². The number of rotatable bonds is 5. The Morgan fingerprint density at radius 3 is 2.26 bits per heavy atom. The summed E-state index contributed by atoms with van der Waals surface area (Å²) in [5.74, 6) is -1.04. The Kier molecular flexibility index (Phi) is 4.80. The number of para-hydroxylation sites is 1. The zero-order valence-electron chi connectivity index (χ0n) is 12.6. The molecule has 0 bridgehead atoms. The number of hydrogen-bond acceptors (Lipinski definition) is 5. The van der Waals surface area contributed by atoms with Gasteiger partial charge in [-0.15, -0.1) is 0 Å². The second-order valence-corrected chi connectivity index (χ2v) is 6.97. The molecule has 6 nitrogen and oxygen atoms in total. The molecule has 0 saturated carbocycles. The topological polar surface area (TPSA) is 95.8 Å². The minimum atomic E-state index is -3.24. The number of carboxylic acid groups (broad SMARTS) is 1. The molecular weight excluding hydrogens is 316 g/mol. The van der Waals surface area contributed by atoms with Gasteiger partial charge in [-0.1, -0.05) is 24.3 Å². The van der Waals surface area contributed by atoms with Gasteiger partial charge in [0.15, 0.2) is 9.84 Å². The van der Waals surface area contributed by atoms with Crippen molar-refractivity contribution in [1.82, 2.24) is 0 Å². The molecule has 23 heavy (non-hydrogen) atoms. The van der Waals surface area contributed by atoms with Crippen molar-refractivity contribution in [3.63, 3.8) is 0 Å². The third kappa shape index (κ3) is 4.17. The van der Waals surface area contributed by atoms with Gasteiger partial charge in [-0.3, -0.25) is 5.43 Å². The molecule has 0 radical (unpaired) electrons. The zero-order chi connectivity index (χ0) is 17.0. The largest absolute Gasteiger partial charge is 0.478 e. The van der Waals surface area contributed by atoms with Gasteiger partial charge in [-0.25, -0.2) is 13.2 Å². The summed E-state index contributed by atoms with van der Waals surface area (Å²) in [6.45, 7) is 1.74. The van der Waals surface area contributed by atoms with Crippen molar-refractivity contribution in [2.24, 2.45) is 5.10 Å². The lowest BCUT2D eigenvalue weighted by molar-refractivity contribution is 0.0698. The summed E-state index contributed by atoms with van der Waals surface area (Å²) in [5, 5.41) is 13.3. The Morgan fingerprint density at radius 1 is 1.09 bits per heavy atom. The fraction of sp³-hybridized carbons (Fsp3) is 0.125. The Bertz CT molecular complexity index is 856. The molecule has 0 spiro atoms. The van der Waals surface area contributed by atoms with Crippen LogP contribution in [0.15, 0.2) is 58.5 Å². The van der Waals surface area contributed by atoms with Gasteiger partial charge < -0.3 is 5.11 Å². The van der Waals surface area contributed by atoms with Crippen molar-refractivity contribution in [2.45, 2.75) is 11.8 Å². The molecule has 0 aliphatic carbocycles. The molecule has 2 N–H and O–H groups in total. The van der Waals surface area contributed by atoms with Crippen LogP contribution >= 0.6 is 0 Å². The van der Waals surface area contributed by atoms with Crippen molar-refractivity contribution >= 4 is 27.2 Å². The summed E-state index contributed by atoms with van der Waals surface area (Å²) < 4.78 is 22.9. The van der Waals surface area contributed by atoms with Crippen LogP contribution in [0, 0.1) is 0 Å². The molecule has 7 heteroatoms. The maximum Gasteiger partial charge on any atom is 0.337 e. The fourth-order valence-corrected chi connectivity index (χ4v) is 2.55. The summed E-state index contributed by atoms with van der Waals surface area (Å²) in [6.07, 6.45) is 1.15. The van der Waals surface area contributed by atoms with E-state index in [1.54, 1.807) is 37.3 Å². The van der Waals surface area contributed by atoms with E-state index in [1.807, 2.05) is 0 Å². The minimum Gasteiger partial charge on any atom is -0.478 e. The Labute approximate surface area is 134 Å². The molecule has 0 fully saturated rings. The highest BCUT2D eigenvalue weighted by Crippen LogP contribution is 2.16. The van der Waals surface area contributed by atoms with E-state index < -0.39 is 15.8 Å². The number of benzene rings is 2. The van der Waals surface area contributed by atoms with Crippen LogP contribution in [0.4, 0.5) is 5.69 Å². The molecule has 0 aromatic heterocycles. The smallest absolute Gasteiger partial charge is 0.337 e. The predicted molar refractivity (Wildman–Crippen MR) is 88.8 cm³/mol. The van der Waals surface area contributed by atoms with Gasteiger partial charge in [0.2, 0.25) is 0 Å². The quantitative estimate of drug-likeness (QED) is 0.648.